The third-order valence-corrected chi connectivity index (χ3v) is 3.23. The molecule has 0 spiro atoms. The van der Waals surface area contributed by atoms with Gasteiger partial charge in [-0.05, 0) is 61.4 Å². The van der Waals surface area contributed by atoms with Crippen molar-refractivity contribution in [2.75, 3.05) is 10.6 Å². The molecule has 4 heteroatoms. The molecule has 22 heavy (non-hydrogen) atoms. The molecule has 2 amide bonds. The van der Waals surface area contributed by atoms with E-state index in [9.17, 15) is 9.59 Å². The van der Waals surface area contributed by atoms with Gasteiger partial charge in [-0.15, -0.1) is 0 Å². The van der Waals surface area contributed by atoms with Gasteiger partial charge in [-0.25, -0.2) is 0 Å². The average molecular weight is 296 g/mol. The number of nitrogens with one attached hydrogen (secondary N) is 2. The number of rotatable bonds is 4. The summed E-state index contributed by atoms with van der Waals surface area (Å²) < 4.78 is 0. The quantitative estimate of drug-likeness (QED) is 0.899. The number of hydrogen-bond acceptors (Lipinski definition) is 2. The van der Waals surface area contributed by atoms with E-state index in [4.69, 9.17) is 0 Å². The van der Waals surface area contributed by atoms with Crippen molar-refractivity contribution in [3.05, 3.63) is 59.2 Å². The minimum Gasteiger partial charge on any atom is -0.326 e. The first-order chi connectivity index (χ1) is 10.5. The molecule has 2 N–H and O–H groups in total. The Morgan fingerprint density at radius 2 is 1.45 bits per heavy atom. The number of hydrogen-bond donors (Lipinski definition) is 2. The largest absolute Gasteiger partial charge is 0.326 e. The smallest absolute Gasteiger partial charge is 0.255 e. The van der Waals surface area contributed by atoms with Crippen LogP contribution in [0.5, 0.6) is 0 Å². The van der Waals surface area contributed by atoms with Crippen LogP contribution in [0.2, 0.25) is 0 Å². The molecule has 0 aliphatic carbocycles. The second-order valence-corrected chi connectivity index (χ2v) is 5.31. The number of carbonyl (C=O) groups excluding carboxylic acids is 2. The number of amides is 2. The maximum Gasteiger partial charge on any atom is 0.255 e. The molecule has 0 bridgehead atoms. The van der Waals surface area contributed by atoms with Gasteiger partial charge in [-0.1, -0.05) is 13.0 Å². The Kier molecular flexibility index (Phi) is 4.94. The molecule has 0 aliphatic heterocycles. The maximum atomic E-state index is 12.2. The molecule has 2 aromatic rings. The molecule has 0 aromatic heterocycles. The zero-order valence-electron chi connectivity index (χ0n) is 13.1. The van der Waals surface area contributed by atoms with Crippen molar-refractivity contribution >= 4 is 23.2 Å². The van der Waals surface area contributed by atoms with E-state index < -0.39 is 0 Å². The van der Waals surface area contributed by atoms with Crippen molar-refractivity contribution in [3.63, 3.8) is 0 Å². The van der Waals surface area contributed by atoms with E-state index in [2.05, 4.69) is 16.7 Å². The predicted molar refractivity (Wildman–Crippen MR) is 89.2 cm³/mol. The summed E-state index contributed by atoms with van der Waals surface area (Å²) in [5, 5.41) is 5.64. The summed E-state index contributed by atoms with van der Waals surface area (Å²) in [6.07, 6.45) is 0.426. The summed E-state index contributed by atoms with van der Waals surface area (Å²) in [5.41, 5.74) is 4.23. The standard InChI is InChI=1S/C18H20N2O2/c1-4-17(21)19-15-7-5-14(6-8-15)18(22)20-16-10-12(2)9-13(3)11-16/h5-11H,4H2,1-3H3,(H,19,21)(H,20,22). The monoisotopic (exact) mass is 296 g/mol. The van der Waals surface area contributed by atoms with Gasteiger partial charge >= 0.3 is 0 Å². The normalized spacial score (nSPS) is 10.1. The molecule has 0 fully saturated rings. The molecule has 0 unspecified atom stereocenters. The van der Waals surface area contributed by atoms with Gasteiger partial charge in [0.15, 0.2) is 0 Å². The Morgan fingerprint density at radius 3 is 2.00 bits per heavy atom. The van der Waals surface area contributed by atoms with E-state index in [0.29, 0.717) is 17.7 Å². The molecule has 0 atom stereocenters. The maximum absolute atomic E-state index is 12.2. The molecular formula is C18H20N2O2. The van der Waals surface area contributed by atoms with Crippen LogP contribution in [0.4, 0.5) is 11.4 Å². The van der Waals surface area contributed by atoms with Gasteiger partial charge in [0.05, 0.1) is 0 Å². The second kappa shape index (κ2) is 6.89. The van der Waals surface area contributed by atoms with Crippen molar-refractivity contribution in [1.82, 2.24) is 0 Å². The fraction of sp³-hybridized carbons (Fsp3) is 0.222. The van der Waals surface area contributed by atoms with Crippen molar-refractivity contribution in [2.45, 2.75) is 27.2 Å². The van der Waals surface area contributed by atoms with Gasteiger partial charge in [-0.3, -0.25) is 9.59 Å². The van der Waals surface area contributed by atoms with Gasteiger partial charge in [-0.2, -0.15) is 0 Å². The summed E-state index contributed by atoms with van der Waals surface area (Å²) in [7, 11) is 0. The molecule has 0 saturated carbocycles. The summed E-state index contributed by atoms with van der Waals surface area (Å²) in [6.45, 7) is 5.78. The van der Waals surface area contributed by atoms with Gasteiger partial charge in [0.25, 0.3) is 5.91 Å². The Balaban J connectivity index is 2.08. The molecule has 2 rings (SSSR count). The van der Waals surface area contributed by atoms with E-state index in [1.165, 1.54) is 0 Å². The number of carbonyl (C=O) groups is 2. The Labute approximate surface area is 130 Å². The fourth-order valence-electron chi connectivity index (χ4n) is 2.20. The highest BCUT2D eigenvalue weighted by atomic mass is 16.2. The van der Waals surface area contributed by atoms with Crippen molar-refractivity contribution in [1.29, 1.82) is 0 Å². The zero-order valence-corrected chi connectivity index (χ0v) is 13.1. The fourth-order valence-corrected chi connectivity index (χ4v) is 2.20. The van der Waals surface area contributed by atoms with Crippen LogP contribution >= 0.6 is 0 Å². The van der Waals surface area contributed by atoms with Crippen LogP contribution in [0.15, 0.2) is 42.5 Å². The summed E-state index contributed by atoms with van der Waals surface area (Å²) in [4.78, 5) is 23.5. The molecule has 2 aromatic carbocycles. The first kappa shape index (κ1) is 15.8. The summed E-state index contributed by atoms with van der Waals surface area (Å²) in [6, 6.07) is 12.8. The van der Waals surface area contributed by atoms with Crippen LogP contribution < -0.4 is 10.6 Å². The van der Waals surface area contributed by atoms with Gasteiger partial charge in [0.2, 0.25) is 5.91 Å². The summed E-state index contributed by atoms with van der Waals surface area (Å²) >= 11 is 0. The topological polar surface area (TPSA) is 58.2 Å². The molecule has 4 nitrogen and oxygen atoms in total. The van der Waals surface area contributed by atoms with E-state index >= 15 is 0 Å². The van der Waals surface area contributed by atoms with E-state index in [1.54, 1.807) is 31.2 Å². The highest BCUT2D eigenvalue weighted by molar-refractivity contribution is 6.04. The van der Waals surface area contributed by atoms with Crippen LogP contribution in [0.25, 0.3) is 0 Å². The first-order valence-electron chi connectivity index (χ1n) is 7.27. The number of benzene rings is 2. The lowest BCUT2D eigenvalue weighted by Gasteiger charge is -2.08. The average Bonchev–Trinajstić information content (AvgIpc) is 2.46. The first-order valence-corrected chi connectivity index (χ1v) is 7.27. The molecule has 0 heterocycles. The number of anilines is 2. The third-order valence-electron chi connectivity index (χ3n) is 3.23. The minimum atomic E-state index is -0.168. The predicted octanol–water partition coefficient (Wildman–Crippen LogP) is 3.90. The minimum absolute atomic E-state index is 0.0487. The van der Waals surface area contributed by atoms with E-state index in [1.807, 2.05) is 26.0 Å². The zero-order chi connectivity index (χ0) is 16.1. The lowest BCUT2D eigenvalue weighted by Crippen LogP contribution is -2.13. The second-order valence-electron chi connectivity index (χ2n) is 5.31. The Bertz CT molecular complexity index is 670. The van der Waals surface area contributed by atoms with Crippen LogP contribution in [0, 0.1) is 13.8 Å². The molecule has 0 aliphatic rings. The van der Waals surface area contributed by atoms with Crippen LogP contribution in [0.1, 0.15) is 34.8 Å². The number of aryl methyl sites for hydroxylation is 2. The summed E-state index contributed by atoms with van der Waals surface area (Å²) in [5.74, 6) is -0.217. The highest BCUT2D eigenvalue weighted by Crippen LogP contribution is 2.16. The highest BCUT2D eigenvalue weighted by Gasteiger charge is 2.07. The van der Waals surface area contributed by atoms with Gasteiger partial charge in [0.1, 0.15) is 0 Å². The van der Waals surface area contributed by atoms with Crippen molar-refractivity contribution in [2.24, 2.45) is 0 Å². The Hall–Kier alpha value is -2.62. The van der Waals surface area contributed by atoms with Crippen molar-refractivity contribution in [3.8, 4) is 0 Å². The lowest BCUT2D eigenvalue weighted by atomic mass is 10.1. The third kappa shape index (κ3) is 4.19. The van der Waals surface area contributed by atoms with Crippen molar-refractivity contribution < 1.29 is 9.59 Å². The van der Waals surface area contributed by atoms with E-state index in [0.717, 1.165) is 16.8 Å². The van der Waals surface area contributed by atoms with Gasteiger partial charge < -0.3 is 10.6 Å². The Morgan fingerprint density at radius 1 is 0.864 bits per heavy atom. The molecular weight excluding hydrogens is 276 g/mol. The SMILES string of the molecule is CCC(=O)Nc1ccc(C(=O)Nc2cc(C)cc(C)c2)cc1. The lowest BCUT2D eigenvalue weighted by molar-refractivity contribution is -0.115. The molecule has 0 saturated heterocycles. The van der Waals surface area contributed by atoms with Gasteiger partial charge in [0, 0.05) is 23.4 Å². The van der Waals surface area contributed by atoms with Crippen LogP contribution in [-0.2, 0) is 4.79 Å². The molecule has 114 valence electrons. The van der Waals surface area contributed by atoms with Crippen LogP contribution in [0.3, 0.4) is 0 Å². The molecule has 0 radical (unpaired) electrons. The van der Waals surface area contributed by atoms with E-state index in [-0.39, 0.29) is 11.8 Å². The van der Waals surface area contributed by atoms with Crippen LogP contribution in [-0.4, -0.2) is 11.8 Å².